The first-order valence-corrected chi connectivity index (χ1v) is 3.07. The first-order chi connectivity index (χ1) is 4.33. The summed E-state index contributed by atoms with van der Waals surface area (Å²) in [4.78, 5) is 0. The second-order valence-electron chi connectivity index (χ2n) is 2.51. The van der Waals surface area contributed by atoms with Gasteiger partial charge >= 0.3 is 6.36 Å². The number of rotatable bonds is 2. The predicted molar refractivity (Wildman–Crippen MR) is 31.4 cm³/mol. The van der Waals surface area contributed by atoms with E-state index in [-0.39, 0.29) is 5.92 Å². The Morgan fingerprint density at radius 2 is 1.50 bits per heavy atom. The highest BCUT2D eigenvalue weighted by Crippen LogP contribution is 2.21. The van der Waals surface area contributed by atoms with Gasteiger partial charge in [0.25, 0.3) is 0 Å². The molecule has 0 aliphatic carbocycles. The molecule has 1 nitrogen and oxygen atoms in total. The second kappa shape index (κ2) is 3.23. The Balaban J connectivity index is 3.68. The Kier molecular flexibility index (Phi) is 3.15. The summed E-state index contributed by atoms with van der Waals surface area (Å²) in [7, 11) is 0. The largest absolute Gasteiger partial charge is 0.522 e. The third-order valence-corrected chi connectivity index (χ3v) is 1.26. The van der Waals surface area contributed by atoms with Crippen LogP contribution in [0.2, 0.25) is 0 Å². The van der Waals surface area contributed by atoms with E-state index in [9.17, 15) is 13.2 Å². The second-order valence-corrected chi connectivity index (χ2v) is 2.51. The summed E-state index contributed by atoms with van der Waals surface area (Å²) in [6, 6.07) is 0. The lowest BCUT2D eigenvalue weighted by atomic mass is 10.1. The number of hydrogen-bond donors (Lipinski definition) is 0. The van der Waals surface area contributed by atoms with Crippen LogP contribution in [0.5, 0.6) is 0 Å². The van der Waals surface area contributed by atoms with Crippen LogP contribution >= 0.6 is 0 Å². The molecule has 0 heterocycles. The van der Waals surface area contributed by atoms with Crippen molar-refractivity contribution in [3.63, 3.8) is 0 Å². The van der Waals surface area contributed by atoms with E-state index in [1.54, 1.807) is 13.8 Å². The highest BCUT2D eigenvalue weighted by Gasteiger charge is 2.32. The molecule has 0 fully saturated rings. The first kappa shape index (κ1) is 9.75. The molecule has 0 aromatic heterocycles. The van der Waals surface area contributed by atoms with Crippen LogP contribution in [0.4, 0.5) is 13.2 Å². The summed E-state index contributed by atoms with van der Waals surface area (Å²) < 4.78 is 38.0. The zero-order valence-corrected chi connectivity index (χ0v) is 6.20. The van der Waals surface area contributed by atoms with Crippen molar-refractivity contribution in [3.8, 4) is 0 Å². The third-order valence-electron chi connectivity index (χ3n) is 1.26. The maximum Gasteiger partial charge on any atom is 0.522 e. The Hall–Kier alpha value is -0.250. The molecule has 0 aliphatic heterocycles. The predicted octanol–water partition coefficient (Wildman–Crippen LogP) is 2.57. The van der Waals surface area contributed by atoms with Crippen LogP contribution in [-0.4, -0.2) is 12.5 Å². The van der Waals surface area contributed by atoms with Gasteiger partial charge < -0.3 is 0 Å². The normalized spacial score (nSPS) is 15.9. The van der Waals surface area contributed by atoms with Crippen LogP contribution < -0.4 is 0 Å². The van der Waals surface area contributed by atoms with Crippen molar-refractivity contribution in [2.75, 3.05) is 0 Å². The van der Waals surface area contributed by atoms with Crippen LogP contribution in [0, 0.1) is 5.92 Å². The average Bonchev–Trinajstić information content (AvgIpc) is 1.60. The molecule has 0 bridgehead atoms. The standard InChI is InChI=1S/C6H11F3O/c1-4(2)5(3)10-6(7,8)9/h4-5H,1-3H3/t5-/m1/s1. The lowest BCUT2D eigenvalue weighted by Crippen LogP contribution is -2.25. The molecule has 0 aromatic rings. The van der Waals surface area contributed by atoms with Crippen molar-refractivity contribution in [3.05, 3.63) is 0 Å². The molecule has 0 rings (SSSR count). The minimum Gasteiger partial charge on any atom is -0.289 e. The maximum absolute atomic E-state index is 11.4. The van der Waals surface area contributed by atoms with Crippen molar-refractivity contribution in [1.29, 1.82) is 0 Å². The molecule has 4 heteroatoms. The van der Waals surface area contributed by atoms with E-state index >= 15 is 0 Å². The van der Waals surface area contributed by atoms with E-state index in [1.807, 2.05) is 0 Å². The molecular formula is C6H11F3O. The topological polar surface area (TPSA) is 9.23 Å². The fourth-order valence-corrected chi connectivity index (χ4v) is 0.347. The van der Waals surface area contributed by atoms with E-state index < -0.39 is 12.5 Å². The quantitative estimate of drug-likeness (QED) is 0.597. The van der Waals surface area contributed by atoms with E-state index in [0.29, 0.717) is 0 Å². The van der Waals surface area contributed by atoms with Gasteiger partial charge in [-0.25, -0.2) is 0 Å². The van der Waals surface area contributed by atoms with Gasteiger partial charge in [0, 0.05) is 0 Å². The fraction of sp³-hybridized carbons (Fsp3) is 1.00. The molecule has 0 radical (unpaired) electrons. The molecule has 10 heavy (non-hydrogen) atoms. The van der Waals surface area contributed by atoms with Crippen molar-refractivity contribution in [2.24, 2.45) is 5.92 Å². The highest BCUT2D eigenvalue weighted by atomic mass is 19.4. The van der Waals surface area contributed by atoms with Crippen molar-refractivity contribution < 1.29 is 17.9 Å². The fourth-order valence-electron chi connectivity index (χ4n) is 0.347. The number of ether oxygens (including phenoxy) is 1. The molecule has 0 unspecified atom stereocenters. The Morgan fingerprint density at radius 3 is 1.60 bits per heavy atom. The summed E-state index contributed by atoms with van der Waals surface area (Å²) in [6.07, 6.45) is -5.26. The van der Waals surface area contributed by atoms with E-state index in [0.717, 1.165) is 0 Å². The van der Waals surface area contributed by atoms with Crippen LogP contribution in [0.15, 0.2) is 0 Å². The zero-order valence-electron chi connectivity index (χ0n) is 6.20. The number of alkyl halides is 3. The highest BCUT2D eigenvalue weighted by molar-refractivity contribution is 4.54. The molecule has 1 atom stereocenters. The van der Waals surface area contributed by atoms with Gasteiger partial charge in [-0.05, 0) is 12.8 Å². The average molecular weight is 156 g/mol. The first-order valence-electron chi connectivity index (χ1n) is 3.07. The van der Waals surface area contributed by atoms with E-state index in [2.05, 4.69) is 4.74 Å². The van der Waals surface area contributed by atoms with Crippen molar-refractivity contribution in [1.82, 2.24) is 0 Å². The molecule has 0 saturated heterocycles. The summed E-state index contributed by atoms with van der Waals surface area (Å²) in [5.41, 5.74) is 0. The zero-order chi connectivity index (χ0) is 8.36. The Morgan fingerprint density at radius 1 is 1.10 bits per heavy atom. The minimum atomic E-state index is -4.50. The van der Waals surface area contributed by atoms with Gasteiger partial charge in [0.1, 0.15) is 0 Å². The lowest BCUT2D eigenvalue weighted by Gasteiger charge is -2.17. The van der Waals surface area contributed by atoms with Crippen LogP contribution in [0.25, 0.3) is 0 Å². The smallest absolute Gasteiger partial charge is 0.289 e. The summed E-state index contributed by atoms with van der Waals surface area (Å²) in [6.45, 7) is 4.75. The molecule has 0 aromatic carbocycles. The van der Waals surface area contributed by atoms with Gasteiger partial charge in [-0.2, -0.15) is 0 Å². The molecule has 0 N–H and O–H groups in total. The van der Waals surface area contributed by atoms with E-state index in [1.165, 1.54) is 6.92 Å². The number of hydrogen-bond acceptors (Lipinski definition) is 1. The monoisotopic (exact) mass is 156 g/mol. The van der Waals surface area contributed by atoms with E-state index in [4.69, 9.17) is 0 Å². The summed E-state index contributed by atoms with van der Waals surface area (Å²) in [5.74, 6) is -0.110. The molecule has 62 valence electrons. The van der Waals surface area contributed by atoms with Gasteiger partial charge in [-0.3, -0.25) is 4.74 Å². The van der Waals surface area contributed by atoms with Gasteiger partial charge in [0.05, 0.1) is 6.10 Å². The Labute approximate surface area is 58.2 Å². The molecule has 0 saturated carbocycles. The van der Waals surface area contributed by atoms with Crippen molar-refractivity contribution in [2.45, 2.75) is 33.2 Å². The number of halogens is 3. The minimum absolute atomic E-state index is 0.110. The van der Waals surface area contributed by atoms with Gasteiger partial charge in [-0.15, -0.1) is 13.2 Å². The van der Waals surface area contributed by atoms with Gasteiger partial charge in [-0.1, -0.05) is 13.8 Å². The van der Waals surface area contributed by atoms with Crippen LogP contribution in [0.3, 0.4) is 0 Å². The SMILES string of the molecule is CC(C)[C@@H](C)OC(F)(F)F. The van der Waals surface area contributed by atoms with Gasteiger partial charge in [0.15, 0.2) is 0 Å². The van der Waals surface area contributed by atoms with Gasteiger partial charge in [0.2, 0.25) is 0 Å². The Bertz CT molecular complexity index is 97.7. The molecular weight excluding hydrogens is 145 g/mol. The molecule has 0 amide bonds. The van der Waals surface area contributed by atoms with Crippen LogP contribution in [-0.2, 0) is 4.74 Å². The lowest BCUT2D eigenvalue weighted by molar-refractivity contribution is -0.344. The molecule has 0 aliphatic rings. The molecule has 0 spiro atoms. The summed E-state index contributed by atoms with van der Waals surface area (Å²) in [5, 5.41) is 0. The maximum atomic E-state index is 11.4. The summed E-state index contributed by atoms with van der Waals surface area (Å²) >= 11 is 0. The van der Waals surface area contributed by atoms with Crippen molar-refractivity contribution >= 4 is 0 Å². The third kappa shape index (κ3) is 4.61. The van der Waals surface area contributed by atoms with Crippen LogP contribution in [0.1, 0.15) is 20.8 Å².